The van der Waals surface area contributed by atoms with Gasteiger partial charge in [0.1, 0.15) is 0 Å². The van der Waals surface area contributed by atoms with Gasteiger partial charge in [-0.2, -0.15) is 0 Å². The number of hydrogen-bond acceptors (Lipinski definition) is 6. The third-order valence-corrected chi connectivity index (χ3v) is 4.03. The number of esters is 1. The molecule has 24 heavy (non-hydrogen) atoms. The van der Waals surface area contributed by atoms with E-state index in [-0.39, 0.29) is 17.6 Å². The maximum Gasteiger partial charge on any atom is 0.337 e. The van der Waals surface area contributed by atoms with Crippen molar-refractivity contribution in [2.75, 3.05) is 7.11 Å². The van der Waals surface area contributed by atoms with E-state index in [0.29, 0.717) is 28.8 Å². The van der Waals surface area contributed by atoms with Crippen molar-refractivity contribution in [2.45, 2.75) is 37.5 Å². The van der Waals surface area contributed by atoms with Crippen LogP contribution < -0.4 is 5.56 Å². The predicted octanol–water partition coefficient (Wildman–Crippen LogP) is 2.77. The number of ether oxygens (including phenoxy) is 2. The highest BCUT2D eigenvalue weighted by atomic mass is 32.2. The highest BCUT2D eigenvalue weighted by Gasteiger charge is 2.07. The van der Waals surface area contributed by atoms with Crippen LogP contribution in [0.25, 0.3) is 0 Å². The molecular formula is C17H20N2O4S. The fourth-order valence-corrected chi connectivity index (χ4v) is 2.73. The summed E-state index contributed by atoms with van der Waals surface area (Å²) in [6.07, 6.45) is 0.0792. The van der Waals surface area contributed by atoms with Crippen LogP contribution in [0.3, 0.4) is 0 Å². The molecule has 0 aliphatic rings. The monoisotopic (exact) mass is 348 g/mol. The minimum absolute atomic E-state index is 0.0792. The third kappa shape index (κ3) is 5.50. The molecule has 0 saturated carbocycles. The molecule has 0 bridgehead atoms. The first kappa shape index (κ1) is 18.2. The van der Waals surface area contributed by atoms with Gasteiger partial charge in [0.15, 0.2) is 5.16 Å². The van der Waals surface area contributed by atoms with Crippen LogP contribution in [-0.2, 0) is 21.8 Å². The lowest BCUT2D eigenvalue weighted by atomic mass is 10.1. The molecule has 0 amide bonds. The second-order valence-electron chi connectivity index (χ2n) is 5.38. The first-order chi connectivity index (χ1) is 11.5. The fourth-order valence-electron chi connectivity index (χ4n) is 1.88. The number of carbonyl (C=O) groups is 1. The normalized spacial score (nSPS) is 10.8. The first-order valence-electron chi connectivity index (χ1n) is 7.50. The Kier molecular flexibility index (Phi) is 6.57. The standard InChI is InChI=1S/C17H20N2O4S/c1-11(2)23-9-14-8-15(20)19-17(18-14)24-10-12-4-6-13(7-5-12)16(21)22-3/h4-8,11H,9-10H2,1-3H3,(H,18,19,20). The number of rotatable bonds is 7. The van der Waals surface area contributed by atoms with E-state index in [1.54, 1.807) is 12.1 Å². The number of methoxy groups -OCH3 is 1. The molecule has 0 spiro atoms. The van der Waals surface area contributed by atoms with E-state index in [0.717, 1.165) is 5.56 Å². The van der Waals surface area contributed by atoms with Crippen LogP contribution in [0.15, 0.2) is 40.3 Å². The average Bonchev–Trinajstić information content (AvgIpc) is 2.57. The molecule has 0 aliphatic carbocycles. The van der Waals surface area contributed by atoms with Crippen molar-refractivity contribution >= 4 is 17.7 Å². The second kappa shape index (κ2) is 8.65. The molecule has 1 aromatic carbocycles. The van der Waals surface area contributed by atoms with Gasteiger partial charge in [0, 0.05) is 11.8 Å². The van der Waals surface area contributed by atoms with Gasteiger partial charge in [-0.15, -0.1) is 0 Å². The molecule has 0 atom stereocenters. The number of H-pyrrole nitrogens is 1. The summed E-state index contributed by atoms with van der Waals surface area (Å²) in [7, 11) is 1.35. The van der Waals surface area contributed by atoms with Crippen molar-refractivity contribution in [3.8, 4) is 0 Å². The SMILES string of the molecule is COC(=O)c1ccc(CSc2nc(COC(C)C)cc(=O)[nH]2)cc1. The molecule has 1 aromatic heterocycles. The number of carbonyl (C=O) groups excluding carboxylic acids is 1. The smallest absolute Gasteiger partial charge is 0.337 e. The highest BCUT2D eigenvalue weighted by molar-refractivity contribution is 7.98. The number of nitrogens with one attached hydrogen (secondary N) is 1. The van der Waals surface area contributed by atoms with Gasteiger partial charge in [-0.1, -0.05) is 23.9 Å². The highest BCUT2D eigenvalue weighted by Crippen LogP contribution is 2.19. The number of aromatic amines is 1. The van der Waals surface area contributed by atoms with Crippen molar-refractivity contribution in [1.82, 2.24) is 9.97 Å². The quantitative estimate of drug-likeness (QED) is 0.471. The van der Waals surface area contributed by atoms with Crippen LogP contribution in [0.1, 0.15) is 35.5 Å². The number of aromatic nitrogens is 2. The van der Waals surface area contributed by atoms with Gasteiger partial charge in [0.05, 0.1) is 31.1 Å². The van der Waals surface area contributed by atoms with Gasteiger partial charge < -0.3 is 14.5 Å². The number of hydrogen-bond donors (Lipinski definition) is 1. The maximum absolute atomic E-state index is 11.7. The topological polar surface area (TPSA) is 81.3 Å². The number of benzene rings is 1. The Hall–Kier alpha value is -2.12. The van der Waals surface area contributed by atoms with Crippen molar-refractivity contribution < 1.29 is 14.3 Å². The largest absolute Gasteiger partial charge is 0.465 e. The first-order valence-corrected chi connectivity index (χ1v) is 8.48. The second-order valence-corrected chi connectivity index (χ2v) is 6.34. The van der Waals surface area contributed by atoms with Gasteiger partial charge in [-0.05, 0) is 31.5 Å². The lowest BCUT2D eigenvalue weighted by molar-refractivity contribution is 0.0600. The summed E-state index contributed by atoms with van der Waals surface area (Å²) < 4.78 is 10.1. The molecule has 6 nitrogen and oxygen atoms in total. The number of nitrogens with zero attached hydrogens (tertiary/aromatic N) is 1. The van der Waals surface area contributed by atoms with E-state index < -0.39 is 0 Å². The van der Waals surface area contributed by atoms with Crippen molar-refractivity contribution in [1.29, 1.82) is 0 Å². The molecule has 1 N–H and O–H groups in total. The van der Waals surface area contributed by atoms with E-state index in [9.17, 15) is 9.59 Å². The molecule has 7 heteroatoms. The van der Waals surface area contributed by atoms with E-state index in [1.165, 1.54) is 24.9 Å². The van der Waals surface area contributed by atoms with Gasteiger partial charge in [-0.3, -0.25) is 4.79 Å². The lowest BCUT2D eigenvalue weighted by Crippen LogP contribution is -2.12. The molecule has 0 unspecified atom stereocenters. The van der Waals surface area contributed by atoms with E-state index >= 15 is 0 Å². The predicted molar refractivity (Wildman–Crippen MR) is 92.1 cm³/mol. The molecule has 0 radical (unpaired) electrons. The molecule has 0 saturated heterocycles. The minimum atomic E-state index is -0.363. The molecule has 1 heterocycles. The summed E-state index contributed by atoms with van der Waals surface area (Å²) >= 11 is 1.42. The zero-order chi connectivity index (χ0) is 17.5. The van der Waals surface area contributed by atoms with E-state index in [1.807, 2.05) is 26.0 Å². The summed E-state index contributed by atoms with van der Waals surface area (Å²) in [4.78, 5) is 30.2. The van der Waals surface area contributed by atoms with Crippen LogP contribution in [0.2, 0.25) is 0 Å². The Morgan fingerprint density at radius 3 is 2.62 bits per heavy atom. The maximum atomic E-state index is 11.7. The summed E-state index contributed by atoms with van der Waals surface area (Å²) in [6, 6.07) is 8.57. The van der Waals surface area contributed by atoms with Crippen molar-refractivity contribution in [3.63, 3.8) is 0 Å². The minimum Gasteiger partial charge on any atom is -0.465 e. The summed E-state index contributed by atoms with van der Waals surface area (Å²) in [5.41, 5.74) is 1.93. The Morgan fingerprint density at radius 2 is 2.00 bits per heavy atom. The summed E-state index contributed by atoms with van der Waals surface area (Å²) in [6.45, 7) is 4.17. The molecule has 128 valence electrons. The summed E-state index contributed by atoms with van der Waals surface area (Å²) in [5, 5.41) is 0.543. The Balaban J connectivity index is 2.00. The number of thioether (sulfide) groups is 1. The molecule has 0 fully saturated rings. The third-order valence-electron chi connectivity index (χ3n) is 3.09. The van der Waals surface area contributed by atoms with Gasteiger partial charge in [0.2, 0.25) is 0 Å². The van der Waals surface area contributed by atoms with Crippen LogP contribution >= 0.6 is 11.8 Å². The Bertz CT molecular complexity index is 741. The molecule has 2 aromatic rings. The Labute approximate surface area is 144 Å². The summed E-state index contributed by atoms with van der Waals surface area (Å²) in [5.74, 6) is 0.261. The zero-order valence-corrected chi connectivity index (χ0v) is 14.7. The van der Waals surface area contributed by atoms with E-state index in [4.69, 9.17) is 4.74 Å². The van der Waals surface area contributed by atoms with Gasteiger partial charge in [0.25, 0.3) is 5.56 Å². The van der Waals surface area contributed by atoms with Crippen LogP contribution in [0.5, 0.6) is 0 Å². The van der Waals surface area contributed by atoms with Crippen LogP contribution in [-0.4, -0.2) is 29.2 Å². The van der Waals surface area contributed by atoms with E-state index in [2.05, 4.69) is 14.7 Å². The average molecular weight is 348 g/mol. The van der Waals surface area contributed by atoms with Gasteiger partial charge >= 0.3 is 5.97 Å². The van der Waals surface area contributed by atoms with Crippen LogP contribution in [0.4, 0.5) is 0 Å². The lowest BCUT2D eigenvalue weighted by Gasteiger charge is -2.08. The fraction of sp³-hybridized carbons (Fsp3) is 0.353. The Morgan fingerprint density at radius 1 is 1.29 bits per heavy atom. The van der Waals surface area contributed by atoms with Crippen LogP contribution in [0, 0.1) is 0 Å². The van der Waals surface area contributed by atoms with Crippen molar-refractivity contribution in [2.24, 2.45) is 0 Å². The molecule has 0 aliphatic heterocycles. The zero-order valence-electron chi connectivity index (χ0n) is 13.9. The molecule has 2 rings (SSSR count). The molecular weight excluding hydrogens is 328 g/mol. The van der Waals surface area contributed by atoms with Gasteiger partial charge in [-0.25, -0.2) is 9.78 Å². The van der Waals surface area contributed by atoms with Crippen molar-refractivity contribution in [3.05, 3.63) is 57.5 Å².